The molecule has 1 aromatic carbocycles. The van der Waals surface area contributed by atoms with Crippen LogP contribution in [0.2, 0.25) is 0 Å². The number of benzene rings is 1. The molecule has 8 heteroatoms. The first-order valence-electron chi connectivity index (χ1n) is 7.04. The third-order valence-electron chi connectivity index (χ3n) is 3.92. The Kier molecular flexibility index (Phi) is 3.99. The van der Waals surface area contributed by atoms with Crippen molar-refractivity contribution >= 4 is 10.0 Å². The Hall–Kier alpha value is -1.77. The topological polar surface area (TPSA) is 79.5 Å². The van der Waals surface area contributed by atoms with E-state index in [1.54, 1.807) is 6.07 Å². The molecule has 0 bridgehead atoms. The van der Waals surface area contributed by atoms with Gasteiger partial charge in [0.2, 0.25) is 10.0 Å². The molecule has 2 N–H and O–H groups in total. The molecule has 1 fully saturated rings. The second-order valence-corrected chi connectivity index (χ2v) is 7.25. The SMILES string of the molecule is O=S(=O)(NCC(O)(c1ccco1)C1CC1)c1c(F)cccc1F. The lowest BCUT2D eigenvalue weighted by Crippen LogP contribution is -2.42. The van der Waals surface area contributed by atoms with Gasteiger partial charge in [0.15, 0.2) is 4.90 Å². The molecule has 5 nitrogen and oxygen atoms in total. The lowest BCUT2D eigenvalue weighted by molar-refractivity contribution is -0.00227. The van der Waals surface area contributed by atoms with Crippen molar-refractivity contribution in [1.29, 1.82) is 0 Å². The molecule has 2 aromatic rings. The number of sulfonamides is 1. The van der Waals surface area contributed by atoms with Crippen molar-refractivity contribution in [3.8, 4) is 0 Å². The van der Waals surface area contributed by atoms with Gasteiger partial charge in [-0.05, 0) is 43.0 Å². The Morgan fingerprint density at radius 3 is 2.39 bits per heavy atom. The van der Waals surface area contributed by atoms with Crippen LogP contribution in [0.5, 0.6) is 0 Å². The molecule has 0 spiro atoms. The number of nitrogens with one attached hydrogen (secondary N) is 1. The summed E-state index contributed by atoms with van der Waals surface area (Å²) in [4.78, 5) is -1.06. The van der Waals surface area contributed by atoms with Gasteiger partial charge in [-0.25, -0.2) is 21.9 Å². The third kappa shape index (κ3) is 3.01. The van der Waals surface area contributed by atoms with E-state index in [9.17, 15) is 22.3 Å². The van der Waals surface area contributed by atoms with Crippen LogP contribution < -0.4 is 4.72 Å². The fraction of sp³-hybridized carbons (Fsp3) is 0.333. The smallest absolute Gasteiger partial charge is 0.246 e. The summed E-state index contributed by atoms with van der Waals surface area (Å²) < 4.78 is 59.0. The summed E-state index contributed by atoms with van der Waals surface area (Å²) in [5.41, 5.74) is -1.54. The number of hydrogen-bond acceptors (Lipinski definition) is 4. The van der Waals surface area contributed by atoms with E-state index in [1.807, 2.05) is 0 Å². The first kappa shape index (κ1) is 16.1. The van der Waals surface area contributed by atoms with E-state index in [1.165, 1.54) is 12.3 Å². The third-order valence-corrected chi connectivity index (χ3v) is 5.37. The van der Waals surface area contributed by atoms with Crippen LogP contribution in [-0.2, 0) is 15.6 Å². The van der Waals surface area contributed by atoms with Crippen LogP contribution in [0.3, 0.4) is 0 Å². The van der Waals surface area contributed by atoms with Gasteiger partial charge in [0.1, 0.15) is 23.0 Å². The summed E-state index contributed by atoms with van der Waals surface area (Å²) in [6.45, 7) is -0.429. The summed E-state index contributed by atoms with van der Waals surface area (Å²) >= 11 is 0. The molecule has 1 atom stereocenters. The van der Waals surface area contributed by atoms with Crippen LogP contribution in [0.1, 0.15) is 18.6 Å². The minimum atomic E-state index is -4.45. The van der Waals surface area contributed by atoms with Gasteiger partial charge < -0.3 is 9.52 Å². The zero-order valence-electron chi connectivity index (χ0n) is 12.0. The van der Waals surface area contributed by atoms with Crippen molar-refractivity contribution in [2.45, 2.75) is 23.3 Å². The number of halogens is 2. The average molecular weight is 343 g/mol. The summed E-state index contributed by atoms with van der Waals surface area (Å²) in [5.74, 6) is -2.32. The first-order chi connectivity index (χ1) is 10.8. The van der Waals surface area contributed by atoms with Crippen LogP contribution in [0, 0.1) is 17.6 Å². The molecule has 0 radical (unpaired) electrons. The Labute approximate surface area is 132 Å². The Morgan fingerprint density at radius 2 is 1.87 bits per heavy atom. The molecule has 0 aliphatic heterocycles. The van der Waals surface area contributed by atoms with E-state index in [0.29, 0.717) is 12.8 Å². The molecule has 1 unspecified atom stereocenters. The Bertz CT molecular complexity index is 783. The molecule has 124 valence electrons. The predicted octanol–water partition coefficient (Wildman–Crippen LogP) is 2.13. The Balaban J connectivity index is 1.86. The second-order valence-electron chi connectivity index (χ2n) is 5.55. The maximum atomic E-state index is 13.7. The number of hydrogen-bond donors (Lipinski definition) is 2. The predicted molar refractivity (Wildman–Crippen MR) is 76.9 cm³/mol. The molecule has 0 saturated heterocycles. The fourth-order valence-corrected chi connectivity index (χ4v) is 3.74. The first-order valence-corrected chi connectivity index (χ1v) is 8.53. The van der Waals surface area contributed by atoms with Crippen molar-refractivity contribution in [1.82, 2.24) is 4.72 Å². The average Bonchev–Trinajstić information content (AvgIpc) is 3.20. The van der Waals surface area contributed by atoms with E-state index in [0.717, 1.165) is 18.2 Å². The molecule has 3 rings (SSSR count). The number of furan rings is 1. The highest BCUT2D eigenvalue weighted by Gasteiger charge is 2.48. The monoisotopic (exact) mass is 343 g/mol. The van der Waals surface area contributed by atoms with Crippen LogP contribution in [-0.4, -0.2) is 20.1 Å². The van der Waals surface area contributed by atoms with E-state index in [4.69, 9.17) is 4.42 Å². The fourth-order valence-electron chi connectivity index (χ4n) is 2.53. The van der Waals surface area contributed by atoms with Gasteiger partial charge in [-0.2, -0.15) is 0 Å². The molecule has 1 aromatic heterocycles. The van der Waals surface area contributed by atoms with Gasteiger partial charge >= 0.3 is 0 Å². The van der Waals surface area contributed by atoms with Crippen LogP contribution in [0.4, 0.5) is 8.78 Å². The largest absolute Gasteiger partial charge is 0.466 e. The second kappa shape index (κ2) is 5.70. The van der Waals surface area contributed by atoms with E-state index < -0.39 is 38.7 Å². The molecule has 0 amide bonds. The standard InChI is InChI=1S/C15H15F2NO4S/c16-11-3-1-4-12(17)14(11)23(20,21)18-9-15(19,10-6-7-10)13-5-2-8-22-13/h1-5,8,10,18-19H,6-7,9H2. The van der Waals surface area contributed by atoms with Crippen molar-refractivity contribution in [3.05, 3.63) is 54.0 Å². The van der Waals surface area contributed by atoms with E-state index in [-0.39, 0.29) is 11.7 Å². The highest BCUT2D eigenvalue weighted by atomic mass is 32.2. The molecular formula is C15H15F2NO4S. The van der Waals surface area contributed by atoms with Gasteiger partial charge in [0, 0.05) is 6.54 Å². The van der Waals surface area contributed by atoms with Gasteiger partial charge in [0.25, 0.3) is 0 Å². The van der Waals surface area contributed by atoms with Crippen molar-refractivity contribution in [2.75, 3.05) is 6.54 Å². The summed E-state index contributed by atoms with van der Waals surface area (Å²) in [7, 11) is -4.45. The lowest BCUT2D eigenvalue weighted by atomic mass is 9.95. The highest BCUT2D eigenvalue weighted by molar-refractivity contribution is 7.89. The molecule has 1 aliphatic carbocycles. The summed E-state index contributed by atoms with van der Waals surface area (Å²) in [6, 6.07) is 5.91. The zero-order chi connectivity index (χ0) is 16.7. The van der Waals surface area contributed by atoms with E-state index in [2.05, 4.69) is 4.72 Å². The minimum absolute atomic E-state index is 0.165. The number of rotatable bonds is 6. The molecular weight excluding hydrogens is 328 g/mol. The van der Waals surface area contributed by atoms with E-state index >= 15 is 0 Å². The number of aliphatic hydroxyl groups is 1. The van der Waals surface area contributed by atoms with Crippen LogP contribution >= 0.6 is 0 Å². The van der Waals surface area contributed by atoms with Gasteiger partial charge in [-0.15, -0.1) is 0 Å². The van der Waals surface area contributed by atoms with Crippen molar-refractivity contribution < 1.29 is 26.7 Å². The molecule has 1 aliphatic rings. The maximum absolute atomic E-state index is 13.7. The Morgan fingerprint density at radius 1 is 1.22 bits per heavy atom. The summed E-state index contributed by atoms with van der Waals surface area (Å²) in [5, 5.41) is 10.8. The minimum Gasteiger partial charge on any atom is -0.466 e. The lowest BCUT2D eigenvalue weighted by Gasteiger charge is -2.26. The van der Waals surface area contributed by atoms with Crippen molar-refractivity contribution in [3.63, 3.8) is 0 Å². The molecule has 1 saturated carbocycles. The maximum Gasteiger partial charge on any atom is 0.246 e. The van der Waals surface area contributed by atoms with Gasteiger partial charge in [0.05, 0.1) is 6.26 Å². The molecule has 1 heterocycles. The van der Waals surface area contributed by atoms with Crippen molar-refractivity contribution in [2.24, 2.45) is 5.92 Å². The quantitative estimate of drug-likeness (QED) is 0.842. The van der Waals surface area contributed by atoms with Crippen LogP contribution in [0.15, 0.2) is 45.9 Å². The summed E-state index contributed by atoms with van der Waals surface area (Å²) in [6.07, 6.45) is 2.80. The van der Waals surface area contributed by atoms with Gasteiger partial charge in [-0.3, -0.25) is 0 Å². The van der Waals surface area contributed by atoms with Gasteiger partial charge in [-0.1, -0.05) is 6.07 Å². The molecule has 23 heavy (non-hydrogen) atoms. The highest BCUT2D eigenvalue weighted by Crippen LogP contribution is 2.45. The zero-order valence-corrected chi connectivity index (χ0v) is 12.8. The normalized spacial score (nSPS) is 17.9. The van der Waals surface area contributed by atoms with Crippen LogP contribution in [0.25, 0.3) is 0 Å².